The molecule has 0 radical (unpaired) electrons. The van der Waals surface area contributed by atoms with E-state index in [0.29, 0.717) is 25.9 Å². The molecule has 0 aromatic heterocycles. The van der Waals surface area contributed by atoms with E-state index in [1.165, 1.54) is 4.90 Å². The SMILES string of the molecule is CCC1(C)NC(=O)N(CCCN=C(N(C)C)N(C)C)C1=O. The van der Waals surface area contributed by atoms with Crippen LogP contribution < -0.4 is 5.32 Å². The van der Waals surface area contributed by atoms with E-state index in [1.54, 1.807) is 6.92 Å². The first-order valence-electron chi connectivity index (χ1n) is 7.26. The van der Waals surface area contributed by atoms with E-state index < -0.39 is 5.54 Å². The molecule has 1 atom stereocenters. The highest BCUT2D eigenvalue weighted by Gasteiger charge is 2.45. The number of carbonyl (C=O) groups is 2. The third-order valence-electron chi connectivity index (χ3n) is 3.65. The van der Waals surface area contributed by atoms with E-state index in [-0.39, 0.29) is 11.9 Å². The van der Waals surface area contributed by atoms with Crippen LogP contribution in [0.2, 0.25) is 0 Å². The molecule has 1 N–H and O–H groups in total. The number of urea groups is 1. The minimum atomic E-state index is -0.751. The van der Waals surface area contributed by atoms with Gasteiger partial charge >= 0.3 is 6.03 Å². The van der Waals surface area contributed by atoms with Crippen LogP contribution in [0.3, 0.4) is 0 Å². The number of guanidine groups is 1. The lowest BCUT2D eigenvalue weighted by Gasteiger charge is -2.23. The molecule has 0 bridgehead atoms. The van der Waals surface area contributed by atoms with Crippen LogP contribution in [0.4, 0.5) is 4.79 Å². The number of carbonyl (C=O) groups excluding carboxylic acids is 2. The molecule has 1 aliphatic heterocycles. The fourth-order valence-corrected chi connectivity index (χ4v) is 2.28. The van der Waals surface area contributed by atoms with Crippen molar-refractivity contribution in [3.63, 3.8) is 0 Å². The summed E-state index contributed by atoms with van der Waals surface area (Å²) in [6, 6.07) is -0.297. The van der Waals surface area contributed by atoms with Gasteiger partial charge in [0.2, 0.25) is 0 Å². The van der Waals surface area contributed by atoms with E-state index in [2.05, 4.69) is 10.3 Å². The van der Waals surface area contributed by atoms with Gasteiger partial charge in [0.1, 0.15) is 5.54 Å². The number of rotatable bonds is 5. The zero-order chi connectivity index (χ0) is 16.2. The van der Waals surface area contributed by atoms with Gasteiger partial charge in [-0.25, -0.2) is 4.79 Å². The van der Waals surface area contributed by atoms with Crippen molar-refractivity contribution in [3.05, 3.63) is 0 Å². The number of hydrogen-bond acceptors (Lipinski definition) is 3. The van der Waals surface area contributed by atoms with Crippen molar-refractivity contribution < 1.29 is 9.59 Å². The van der Waals surface area contributed by atoms with Crippen molar-refractivity contribution in [2.75, 3.05) is 41.3 Å². The van der Waals surface area contributed by atoms with Crippen molar-refractivity contribution in [1.82, 2.24) is 20.0 Å². The fraction of sp³-hybridized carbons (Fsp3) is 0.786. The lowest BCUT2D eigenvalue weighted by molar-refractivity contribution is -0.130. The molecule has 0 spiro atoms. The molecule has 3 amide bonds. The lowest BCUT2D eigenvalue weighted by Crippen LogP contribution is -2.43. The van der Waals surface area contributed by atoms with E-state index in [0.717, 1.165) is 5.96 Å². The molecule has 0 saturated carbocycles. The van der Waals surface area contributed by atoms with Gasteiger partial charge in [0.05, 0.1) is 0 Å². The zero-order valence-electron chi connectivity index (χ0n) is 13.9. The van der Waals surface area contributed by atoms with Gasteiger partial charge in [0, 0.05) is 41.3 Å². The van der Waals surface area contributed by atoms with Crippen LogP contribution in [0, 0.1) is 0 Å². The summed E-state index contributed by atoms with van der Waals surface area (Å²) in [5.41, 5.74) is -0.751. The maximum absolute atomic E-state index is 12.2. The van der Waals surface area contributed by atoms with Gasteiger partial charge in [-0.2, -0.15) is 0 Å². The Balaban J connectivity index is 2.55. The average molecular weight is 297 g/mol. The third-order valence-corrected chi connectivity index (χ3v) is 3.65. The topological polar surface area (TPSA) is 68.2 Å². The molecule has 120 valence electrons. The van der Waals surface area contributed by atoms with Crippen LogP contribution in [-0.2, 0) is 4.79 Å². The Morgan fingerprint density at radius 3 is 2.24 bits per heavy atom. The molecule has 0 aromatic rings. The molecular weight excluding hydrogens is 270 g/mol. The van der Waals surface area contributed by atoms with Crippen molar-refractivity contribution in [2.24, 2.45) is 4.99 Å². The molecule has 1 fully saturated rings. The van der Waals surface area contributed by atoms with Crippen LogP contribution in [-0.4, -0.2) is 79.4 Å². The minimum Gasteiger partial charge on any atom is -0.349 e. The third kappa shape index (κ3) is 3.86. The monoisotopic (exact) mass is 297 g/mol. The number of nitrogens with one attached hydrogen (secondary N) is 1. The van der Waals surface area contributed by atoms with Gasteiger partial charge < -0.3 is 15.1 Å². The molecule has 7 heteroatoms. The van der Waals surface area contributed by atoms with Gasteiger partial charge in [-0.3, -0.25) is 14.7 Å². The number of hydrogen-bond donors (Lipinski definition) is 1. The molecular formula is C14H27N5O2. The van der Waals surface area contributed by atoms with Gasteiger partial charge in [-0.1, -0.05) is 6.92 Å². The van der Waals surface area contributed by atoms with Crippen LogP contribution in [0.1, 0.15) is 26.7 Å². The first kappa shape index (κ1) is 17.3. The second kappa shape index (κ2) is 6.78. The van der Waals surface area contributed by atoms with Crippen molar-refractivity contribution in [2.45, 2.75) is 32.2 Å². The van der Waals surface area contributed by atoms with E-state index in [9.17, 15) is 9.59 Å². The first-order valence-corrected chi connectivity index (χ1v) is 7.26. The Morgan fingerprint density at radius 2 is 1.81 bits per heavy atom. The zero-order valence-corrected chi connectivity index (χ0v) is 13.9. The van der Waals surface area contributed by atoms with Gasteiger partial charge in [-0.15, -0.1) is 0 Å². The van der Waals surface area contributed by atoms with Gasteiger partial charge in [0.25, 0.3) is 5.91 Å². The highest BCUT2D eigenvalue weighted by molar-refractivity contribution is 6.06. The summed E-state index contributed by atoms with van der Waals surface area (Å²) in [6.07, 6.45) is 1.25. The summed E-state index contributed by atoms with van der Waals surface area (Å²) in [6.45, 7) is 4.64. The summed E-state index contributed by atoms with van der Waals surface area (Å²) in [7, 11) is 7.73. The van der Waals surface area contributed by atoms with E-state index >= 15 is 0 Å². The normalized spacial score (nSPS) is 21.3. The lowest BCUT2D eigenvalue weighted by atomic mass is 9.99. The minimum absolute atomic E-state index is 0.139. The predicted octanol–water partition coefficient (Wildman–Crippen LogP) is 0.576. The van der Waals surface area contributed by atoms with Crippen molar-refractivity contribution in [3.8, 4) is 0 Å². The fourth-order valence-electron chi connectivity index (χ4n) is 2.28. The summed E-state index contributed by atoms with van der Waals surface area (Å²) < 4.78 is 0. The second-order valence-corrected chi connectivity index (χ2v) is 5.90. The summed E-state index contributed by atoms with van der Waals surface area (Å²) in [5.74, 6) is 0.727. The highest BCUT2D eigenvalue weighted by atomic mass is 16.2. The second-order valence-electron chi connectivity index (χ2n) is 5.90. The molecule has 0 aliphatic carbocycles. The molecule has 0 aromatic carbocycles. The number of amides is 3. The van der Waals surface area contributed by atoms with E-state index in [4.69, 9.17) is 0 Å². The molecule has 21 heavy (non-hydrogen) atoms. The van der Waals surface area contributed by atoms with Crippen LogP contribution in [0.25, 0.3) is 0 Å². The summed E-state index contributed by atoms with van der Waals surface area (Å²) in [5, 5.41) is 2.75. The maximum atomic E-state index is 12.2. The van der Waals surface area contributed by atoms with Gasteiger partial charge in [-0.05, 0) is 19.8 Å². The Hall–Kier alpha value is -1.79. The van der Waals surface area contributed by atoms with Crippen molar-refractivity contribution >= 4 is 17.9 Å². The Bertz CT molecular complexity index is 423. The number of aliphatic imine (C=N–C) groups is 1. The average Bonchev–Trinajstić information content (AvgIpc) is 2.61. The number of nitrogens with zero attached hydrogens (tertiary/aromatic N) is 4. The molecule has 1 heterocycles. The van der Waals surface area contributed by atoms with Gasteiger partial charge in [0.15, 0.2) is 5.96 Å². The molecule has 7 nitrogen and oxygen atoms in total. The Kier molecular flexibility index (Phi) is 5.57. The summed E-state index contributed by atoms with van der Waals surface area (Å²) in [4.78, 5) is 33.7. The highest BCUT2D eigenvalue weighted by Crippen LogP contribution is 2.20. The van der Waals surface area contributed by atoms with Crippen LogP contribution >= 0.6 is 0 Å². The van der Waals surface area contributed by atoms with Crippen molar-refractivity contribution in [1.29, 1.82) is 0 Å². The Morgan fingerprint density at radius 1 is 1.24 bits per heavy atom. The largest absolute Gasteiger partial charge is 0.349 e. The smallest absolute Gasteiger partial charge is 0.325 e. The first-order chi connectivity index (χ1) is 9.73. The molecule has 1 rings (SSSR count). The Labute approximate surface area is 127 Å². The predicted molar refractivity (Wildman–Crippen MR) is 83.2 cm³/mol. The van der Waals surface area contributed by atoms with Crippen LogP contribution in [0.15, 0.2) is 4.99 Å². The maximum Gasteiger partial charge on any atom is 0.325 e. The number of imide groups is 1. The molecule has 1 saturated heterocycles. The standard InChI is InChI=1S/C14H27N5O2/c1-7-14(2)11(20)19(13(21)16-14)10-8-9-15-12(17(3)4)18(5)6/h7-10H2,1-6H3,(H,16,21). The van der Waals surface area contributed by atoms with E-state index in [1.807, 2.05) is 44.9 Å². The molecule has 1 aliphatic rings. The van der Waals surface area contributed by atoms with Crippen LogP contribution in [0.5, 0.6) is 0 Å². The quantitative estimate of drug-likeness (QED) is 0.349. The molecule has 1 unspecified atom stereocenters. The summed E-state index contributed by atoms with van der Waals surface area (Å²) >= 11 is 0.